The van der Waals surface area contributed by atoms with Crippen LogP contribution in [0.15, 0.2) is 48.5 Å². The highest BCUT2D eigenvalue weighted by atomic mass is 35.5. The molecule has 2 aromatic rings. The Kier molecular flexibility index (Phi) is 5.34. The molecule has 3 heteroatoms. The lowest BCUT2D eigenvalue weighted by molar-refractivity contribution is 0.306. The second kappa shape index (κ2) is 7.47. The summed E-state index contributed by atoms with van der Waals surface area (Å²) in [7, 11) is 1.65. The molecule has 0 unspecified atom stereocenters. The van der Waals surface area contributed by atoms with Gasteiger partial charge < -0.3 is 9.47 Å². The average molecular weight is 287 g/mol. The molecule has 2 rings (SSSR count). The van der Waals surface area contributed by atoms with E-state index >= 15 is 0 Å². The van der Waals surface area contributed by atoms with E-state index in [2.05, 4.69) is 11.8 Å². The zero-order chi connectivity index (χ0) is 14.2. The molecule has 102 valence electrons. The van der Waals surface area contributed by atoms with Crippen LogP contribution in [-0.4, -0.2) is 13.0 Å². The fraction of sp³-hybridized carbons (Fsp3) is 0.176. The molecular formula is C17H15ClO2. The van der Waals surface area contributed by atoms with Crippen LogP contribution in [0.2, 0.25) is 0 Å². The first-order chi connectivity index (χ1) is 9.81. The number of hydrogen-bond acceptors (Lipinski definition) is 2. The van der Waals surface area contributed by atoms with Crippen molar-refractivity contribution in [1.29, 1.82) is 0 Å². The number of rotatable bonds is 4. The van der Waals surface area contributed by atoms with E-state index in [-0.39, 0.29) is 0 Å². The fourth-order valence-electron chi connectivity index (χ4n) is 1.66. The Bertz CT molecular complexity index is 592. The third-order valence-corrected chi connectivity index (χ3v) is 2.85. The Morgan fingerprint density at radius 2 is 1.60 bits per heavy atom. The van der Waals surface area contributed by atoms with E-state index in [1.807, 2.05) is 48.5 Å². The van der Waals surface area contributed by atoms with Crippen LogP contribution in [0.1, 0.15) is 11.1 Å². The number of hydrogen-bond donors (Lipinski definition) is 0. The second-order valence-electron chi connectivity index (χ2n) is 4.10. The molecule has 2 nitrogen and oxygen atoms in total. The van der Waals surface area contributed by atoms with Crippen LogP contribution in [0.25, 0.3) is 0 Å². The Morgan fingerprint density at radius 1 is 0.950 bits per heavy atom. The maximum absolute atomic E-state index is 5.71. The molecule has 0 heterocycles. The molecule has 0 radical (unpaired) electrons. The van der Waals surface area contributed by atoms with Crippen molar-refractivity contribution in [3.8, 4) is 23.3 Å². The topological polar surface area (TPSA) is 18.5 Å². The minimum atomic E-state index is 0.343. The number of halogens is 1. The van der Waals surface area contributed by atoms with Crippen molar-refractivity contribution >= 4 is 11.6 Å². The molecule has 0 aromatic heterocycles. The summed E-state index contributed by atoms with van der Waals surface area (Å²) in [5, 5.41) is 0. The van der Waals surface area contributed by atoms with E-state index in [0.717, 1.165) is 22.6 Å². The van der Waals surface area contributed by atoms with Gasteiger partial charge in [0.1, 0.15) is 18.1 Å². The fourth-order valence-corrected chi connectivity index (χ4v) is 1.73. The van der Waals surface area contributed by atoms with E-state index in [1.165, 1.54) is 0 Å². The molecule has 0 saturated heterocycles. The van der Waals surface area contributed by atoms with Crippen LogP contribution < -0.4 is 9.47 Å². The summed E-state index contributed by atoms with van der Waals surface area (Å²) in [6.45, 7) is 0.525. The monoisotopic (exact) mass is 286 g/mol. The maximum Gasteiger partial charge on any atom is 0.119 e. The van der Waals surface area contributed by atoms with Gasteiger partial charge in [-0.3, -0.25) is 0 Å². The second-order valence-corrected chi connectivity index (χ2v) is 4.36. The van der Waals surface area contributed by atoms with Crippen molar-refractivity contribution in [1.82, 2.24) is 0 Å². The molecule has 2 aromatic carbocycles. The van der Waals surface area contributed by atoms with E-state index in [0.29, 0.717) is 12.5 Å². The van der Waals surface area contributed by atoms with Gasteiger partial charge in [0.15, 0.2) is 0 Å². The van der Waals surface area contributed by atoms with E-state index in [4.69, 9.17) is 21.1 Å². The van der Waals surface area contributed by atoms with Crippen LogP contribution >= 0.6 is 11.6 Å². The minimum absolute atomic E-state index is 0.343. The van der Waals surface area contributed by atoms with Gasteiger partial charge >= 0.3 is 0 Å². The first kappa shape index (κ1) is 14.3. The van der Waals surface area contributed by atoms with Crippen molar-refractivity contribution in [3.05, 3.63) is 59.7 Å². The van der Waals surface area contributed by atoms with Gasteiger partial charge in [-0.2, -0.15) is 0 Å². The molecular weight excluding hydrogens is 272 g/mol. The third kappa shape index (κ3) is 4.22. The largest absolute Gasteiger partial charge is 0.497 e. The summed E-state index contributed by atoms with van der Waals surface area (Å²) in [4.78, 5) is 0. The lowest BCUT2D eigenvalue weighted by Crippen LogP contribution is -1.95. The average Bonchev–Trinajstić information content (AvgIpc) is 2.52. The number of ether oxygens (including phenoxy) is 2. The first-order valence-electron chi connectivity index (χ1n) is 6.22. The standard InChI is InChI=1S/C17H15ClO2/c1-19-16-8-6-15(7-9-16)13-20-17-10-4-14(5-11-17)3-2-12-18/h4-11H,12-13H2,1H3. The summed E-state index contributed by atoms with van der Waals surface area (Å²) in [6.07, 6.45) is 0. The number of benzene rings is 2. The SMILES string of the molecule is COc1ccc(COc2ccc(C#CCCl)cc2)cc1. The van der Waals surface area contributed by atoms with Crippen LogP contribution in [-0.2, 0) is 6.61 Å². The summed E-state index contributed by atoms with van der Waals surface area (Å²) < 4.78 is 10.8. The predicted octanol–water partition coefficient (Wildman–Crippen LogP) is 3.86. The summed E-state index contributed by atoms with van der Waals surface area (Å²) in [6, 6.07) is 15.5. The van der Waals surface area contributed by atoms with Crippen LogP contribution in [0, 0.1) is 11.8 Å². The quantitative estimate of drug-likeness (QED) is 0.627. The Hall–Kier alpha value is -2.11. The molecule has 0 saturated carbocycles. The van der Waals surface area contributed by atoms with Gasteiger partial charge in [-0.15, -0.1) is 11.6 Å². The van der Waals surface area contributed by atoms with Crippen molar-refractivity contribution < 1.29 is 9.47 Å². The number of alkyl halides is 1. The summed E-state index contributed by atoms with van der Waals surface area (Å²) in [5.41, 5.74) is 2.03. The predicted molar refractivity (Wildman–Crippen MR) is 81.4 cm³/mol. The van der Waals surface area contributed by atoms with Crippen molar-refractivity contribution in [2.75, 3.05) is 13.0 Å². The zero-order valence-corrected chi connectivity index (χ0v) is 12.0. The lowest BCUT2D eigenvalue weighted by Gasteiger charge is -2.07. The highest BCUT2D eigenvalue weighted by molar-refractivity contribution is 6.19. The number of methoxy groups -OCH3 is 1. The molecule has 20 heavy (non-hydrogen) atoms. The first-order valence-corrected chi connectivity index (χ1v) is 6.76. The third-order valence-electron chi connectivity index (χ3n) is 2.72. The van der Waals surface area contributed by atoms with Gasteiger partial charge in [-0.25, -0.2) is 0 Å². The summed E-state index contributed by atoms with van der Waals surface area (Å²) in [5.74, 6) is 7.78. The highest BCUT2D eigenvalue weighted by Gasteiger charge is 1.97. The zero-order valence-electron chi connectivity index (χ0n) is 11.2. The Morgan fingerprint density at radius 3 is 2.20 bits per heavy atom. The minimum Gasteiger partial charge on any atom is -0.497 e. The summed E-state index contributed by atoms with van der Waals surface area (Å²) >= 11 is 5.51. The molecule has 0 aliphatic heterocycles. The normalized spacial score (nSPS) is 9.50. The van der Waals surface area contributed by atoms with Crippen LogP contribution in [0.5, 0.6) is 11.5 Å². The molecule has 0 amide bonds. The van der Waals surface area contributed by atoms with Crippen molar-refractivity contribution in [2.45, 2.75) is 6.61 Å². The van der Waals surface area contributed by atoms with Gasteiger partial charge in [0, 0.05) is 5.56 Å². The highest BCUT2D eigenvalue weighted by Crippen LogP contribution is 2.16. The smallest absolute Gasteiger partial charge is 0.119 e. The lowest BCUT2D eigenvalue weighted by atomic mass is 10.2. The maximum atomic E-state index is 5.71. The van der Waals surface area contributed by atoms with Gasteiger partial charge in [0.2, 0.25) is 0 Å². The molecule has 0 fully saturated rings. The van der Waals surface area contributed by atoms with E-state index in [9.17, 15) is 0 Å². The van der Waals surface area contributed by atoms with Gasteiger partial charge in [0.25, 0.3) is 0 Å². The molecule has 0 bridgehead atoms. The Labute approximate surface area is 124 Å². The molecule has 0 aliphatic rings. The molecule has 0 spiro atoms. The molecule has 0 N–H and O–H groups in total. The van der Waals surface area contributed by atoms with Crippen LogP contribution in [0.4, 0.5) is 0 Å². The molecule has 0 atom stereocenters. The van der Waals surface area contributed by atoms with E-state index in [1.54, 1.807) is 7.11 Å². The van der Waals surface area contributed by atoms with Crippen molar-refractivity contribution in [3.63, 3.8) is 0 Å². The van der Waals surface area contributed by atoms with Gasteiger partial charge in [-0.05, 0) is 42.0 Å². The Balaban J connectivity index is 1.93. The van der Waals surface area contributed by atoms with Crippen LogP contribution in [0.3, 0.4) is 0 Å². The molecule has 0 aliphatic carbocycles. The van der Waals surface area contributed by atoms with Gasteiger partial charge in [0.05, 0.1) is 13.0 Å². The van der Waals surface area contributed by atoms with Crippen molar-refractivity contribution in [2.24, 2.45) is 0 Å². The van der Waals surface area contributed by atoms with Gasteiger partial charge in [-0.1, -0.05) is 24.0 Å². The van der Waals surface area contributed by atoms with E-state index < -0.39 is 0 Å².